The van der Waals surface area contributed by atoms with Crippen molar-refractivity contribution < 1.29 is 9.90 Å². The minimum atomic E-state index is -1.04. The maximum atomic E-state index is 10.1. The zero-order valence-electron chi connectivity index (χ0n) is 5.41. The third-order valence-corrected chi connectivity index (χ3v) is 1.19. The van der Waals surface area contributed by atoms with Gasteiger partial charge in [-0.1, -0.05) is 30.3 Å². The van der Waals surface area contributed by atoms with Crippen molar-refractivity contribution >= 4 is 5.97 Å². The molecule has 0 aliphatic carbocycles. The number of carbonyl (C=O) groups excluding carboxylic acids is 1. The van der Waals surface area contributed by atoms with Gasteiger partial charge in [0.2, 0.25) is 0 Å². The Morgan fingerprint density at radius 3 is 2.30 bits per heavy atom. The summed E-state index contributed by atoms with van der Waals surface area (Å²) in [4.78, 5) is 10.1. The number of benzene rings is 1. The molecule has 1 rings (SSSR count). The van der Waals surface area contributed by atoms with Gasteiger partial charge in [0.25, 0.3) is 0 Å². The number of hydrogen-bond donors (Lipinski definition) is 0. The predicted octanol–water partition coefficient (Wildman–Crippen LogP) is 1.19. The largest absolute Gasteiger partial charge is 0.359 e. The Hall–Kier alpha value is -1.31. The molecule has 1 radical (unpaired) electrons. The van der Waals surface area contributed by atoms with Crippen LogP contribution < -0.4 is 0 Å². The second kappa shape index (κ2) is 3.01. The summed E-state index contributed by atoms with van der Waals surface area (Å²) < 4.78 is 0. The molecule has 0 fully saturated rings. The molecule has 2 heteroatoms. The van der Waals surface area contributed by atoms with Crippen molar-refractivity contribution in [2.75, 3.05) is 0 Å². The van der Waals surface area contributed by atoms with E-state index in [1.54, 1.807) is 24.3 Å². The first-order valence-electron chi connectivity index (χ1n) is 3.03. The van der Waals surface area contributed by atoms with Crippen molar-refractivity contribution in [2.45, 2.75) is 6.42 Å². The molecule has 0 heterocycles. The highest BCUT2D eigenvalue weighted by Gasteiger charge is 1.99. The quantitative estimate of drug-likeness (QED) is 0.600. The summed E-state index contributed by atoms with van der Waals surface area (Å²) in [6, 6.07) is 8.97. The van der Waals surface area contributed by atoms with Gasteiger partial charge in [-0.3, -0.25) is 0 Å². The highest BCUT2D eigenvalue weighted by molar-refractivity contribution is 5.69. The maximum absolute atomic E-state index is 10.1. The third kappa shape index (κ3) is 1.90. The average Bonchev–Trinajstić information content (AvgIpc) is 1.88. The Bertz CT molecular complexity index is 216. The van der Waals surface area contributed by atoms with Gasteiger partial charge in [-0.25, -0.2) is 9.90 Å². The van der Waals surface area contributed by atoms with Crippen LogP contribution in [-0.4, -0.2) is 5.97 Å². The van der Waals surface area contributed by atoms with Crippen LogP contribution in [-0.2, 0) is 16.3 Å². The first kappa shape index (κ1) is 6.81. The van der Waals surface area contributed by atoms with Gasteiger partial charge in [0.05, 0.1) is 6.42 Å². The van der Waals surface area contributed by atoms with Gasteiger partial charge in [0.1, 0.15) is 0 Å². The van der Waals surface area contributed by atoms with Gasteiger partial charge in [0.15, 0.2) is 0 Å². The Kier molecular flexibility index (Phi) is 2.05. The molecule has 1 aromatic rings. The average molecular weight is 135 g/mol. The number of hydrogen-bond acceptors (Lipinski definition) is 1. The minimum absolute atomic E-state index is 0.000833. The second-order valence-electron chi connectivity index (χ2n) is 2.03. The fourth-order valence-corrected chi connectivity index (χ4v) is 0.763. The highest BCUT2D eigenvalue weighted by Crippen LogP contribution is 1.98. The van der Waals surface area contributed by atoms with Gasteiger partial charge >= 0.3 is 5.97 Å². The molecular weight excluding hydrogens is 128 g/mol. The van der Waals surface area contributed by atoms with E-state index in [9.17, 15) is 9.90 Å². The monoisotopic (exact) mass is 135 g/mol. The van der Waals surface area contributed by atoms with E-state index < -0.39 is 5.97 Å². The molecule has 0 unspecified atom stereocenters. The first-order chi connectivity index (χ1) is 4.79. The van der Waals surface area contributed by atoms with E-state index >= 15 is 0 Å². The lowest BCUT2D eigenvalue weighted by molar-refractivity contribution is -0.142. The van der Waals surface area contributed by atoms with Crippen LogP contribution in [0.5, 0.6) is 0 Å². The van der Waals surface area contributed by atoms with Crippen molar-refractivity contribution in [3.63, 3.8) is 0 Å². The van der Waals surface area contributed by atoms with E-state index in [1.807, 2.05) is 6.07 Å². The molecular formula is C8H7O2. The molecule has 2 nitrogen and oxygen atoms in total. The molecule has 0 atom stereocenters. The van der Waals surface area contributed by atoms with Crippen molar-refractivity contribution in [1.29, 1.82) is 0 Å². The van der Waals surface area contributed by atoms with Crippen molar-refractivity contribution in [1.82, 2.24) is 0 Å². The molecule has 51 valence electrons. The highest BCUT2D eigenvalue weighted by atomic mass is 16.4. The molecule has 0 N–H and O–H groups in total. The SMILES string of the molecule is [O]C(=O)Cc1ccccc1. The van der Waals surface area contributed by atoms with Crippen LogP contribution in [0.25, 0.3) is 0 Å². The number of rotatable bonds is 2. The van der Waals surface area contributed by atoms with Gasteiger partial charge < -0.3 is 0 Å². The minimum Gasteiger partial charge on any atom is -0.247 e. The number of carbonyl (C=O) groups is 1. The summed E-state index contributed by atoms with van der Waals surface area (Å²) in [5.74, 6) is -1.04. The topological polar surface area (TPSA) is 37.0 Å². The van der Waals surface area contributed by atoms with Gasteiger partial charge in [-0.05, 0) is 5.56 Å². The smallest absolute Gasteiger partial charge is 0.247 e. The molecule has 0 amide bonds. The summed E-state index contributed by atoms with van der Waals surface area (Å²) in [5, 5.41) is 10.1. The summed E-state index contributed by atoms with van der Waals surface area (Å²) in [7, 11) is 0. The predicted molar refractivity (Wildman–Crippen MR) is 35.8 cm³/mol. The molecule has 0 saturated carbocycles. The van der Waals surface area contributed by atoms with E-state index in [4.69, 9.17) is 0 Å². The van der Waals surface area contributed by atoms with Crippen LogP contribution in [0.1, 0.15) is 5.56 Å². The maximum Gasteiger partial charge on any atom is 0.359 e. The lowest BCUT2D eigenvalue weighted by atomic mass is 10.2. The molecule has 10 heavy (non-hydrogen) atoms. The fraction of sp³-hybridized carbons (Fsp3) is 0.125. The third-order valence-electron chi connectivity index (χ3n) is 1.19. The van der Waals surface area contributed by atoms with Crippen LogP contribution in [0.3, 0.4) is 0 Å². The Labute approximate surface area is 59.1 Å². The molecule has 1 aromatic carbocycles. The summed E-state index contributed by atoms with van der Waals surface area (Å²) >= 11 is 0. The summed E-state index contributed by atoms with van der Waals surface area (Å²) in [6.45, 7) is 0. The molecule has 0 spiro atoms. The molecule has 0 bridgehead atoms. The van der Waals surface area contributed by atoms with Crippen molar-refractivity contribution in [2.24, 2.45) is 0 Å². The molecule has 0 saturated heterocycles. The fourth-order valence-electron chi connectivity index (χ4n) is 0.763. The van der Waals surface area contributed by atoms with Crippen LogP contribution in [0.2, 0.25) is 0 Å². The van der Waals surface area contributed by atoms with Crippen molar-refractivity contribution in [3.8, 4) is 0 Å². The van der Waals surface area contributed by atoms with Gasteiger partial charge in [0, 0.05) is 0 Å². The van der Waals surface area contributed by atoms with E-state index in [2.05, 4.69) is 0 Å². The first-order valence-corrected chi connectivity index (χ1v) is 3.03. The lowest BCUT2D eigenvalue weighted by Crippen LogP contribution is -1.96. The molecule has 0 aliphatic rings. The van der Waals surface area contributed by atoms with Crippen LogP contribution in [0.4, 0.5) is 0 Å². The van der Waals surface area contributed by atoms with Crippen molar-refractivity contribution in [3.05, 3.63) is 35.9 Å². The molecule has 0 aromatic heterocycles. The Morgan fingerprint density at radius 1 is 1.20 bits per heavy atom. The molecule has 0 aliphatic heterocycles. The van der Waals surface area contributed by atoms with Crippen LogP contribution in [0, 0.1) is 0 Å². The summed E-state index contributed by atoms with van der Waals surface area (Å²) in [6.07, 6.45) is 0.000833. The van der Waals surface area contributed by atoms with Gasteiger partial charge in [-0.2, -0.15) is 0 Å². The lowest BCUT2D eigenvalue weighted by Gasteiger charge is -1.90. The standard InChI is InChI=1S/C8H7O2/c9-8(10)6-7-4-2-1-3-5-7/h1-5H,6H2. The van der Waals surface area contributed by atoms with E-state index in [0.717, 1.165) is 5.56 Å². The Morgan fingerprint density at radius 2 is 1.80 bits per heavy atom. The normalized spacial score (nSPS) is 9.20. The zero-order valence-corrected chi connectivity index (χ0v) is 5.41. The zero-order chi connectivity index (χ0) is 7.40. The van der Waals surface area contributed by atoms with Crippen LogP contribution in [0.15, 0.2) is 30.3 Å². The van der Waals surface area contributed by atoms with Gasteiger partial charge in [-0.15, -0.1) is 0 Å². The van der Waals surface area contributed by atoms with E-state index in [-0.39, 0.29) is 6.42 Å². The second-order valence-corrected chi connectivity index (χ2v) is 2.03. The summed E-state index contributed by atoms with van der Waals surface area (Å²) in [5.41, 5.74) is 0.780. The van der Waals surface area contributed by atoms with E-state index in [1.165, 1.54) is 0 Å². The van der Waals surface area contributed by atoms with Crippen LogP contribution >= 0.6 is 0 Å². The Balaban J connectivity index is 2.67. The van der Waals surface area contributed by atoms with E-state index in [0.29, 0.717) is 0 Å².